The Bertz CT molecular complexity index is 690. The third-order valence-electron chi connectivity index (χ3n) is 6.53. The van der Waals surface area contributed by atoms with Crippen molar-refractivity contribution in [3.8, 4) is 0 Å². The Hall–Kier alpha value is -1.64. The van der Waals surface area contributed by atoms with E-state index in [1.54, 1.807) is 6.21 Å². The van der Waals surface area contributed by atoms with E-state index in [2.05, 4.69) is 43.4 Å². The van der Waals surface area contributed by atoms with E-state index < -0.39 is 0 Å². The number of hydrazone groups is 1. The fraction of sp³-hybridized carbons (Fsp3) is 0.619. The molecular formula is C21H28N2O. The number of amides is 1. The molecule has 3 heteroatoms. The first-order valence-electron chi connectivity index (χ1n) is 9.20. The lowest BCUT2D eigenvalue weighted by Gasteiger charge is -2.64. The van der Waals surface area contributed by atoms with Crippen molar-refractivity contribution in [2.24, 2.45) is 27.3 Å². The molecule has 0 aromatic heterocycles. The van der Waals surface area contributed by atoms with Gasteiger partial charge in [0.15, 0.2) is 0 Å². The first-order chi connectivity index (χ1) is 11.3. The fourth-order valence-corrected chi connectivity index (χ4v) is 6.74. The van der Waals surface area contributed by atoms with Gasteiger partial charge in [-0.25, -0.2) is 5.43 Å². The SMILES string of the molecule is Cc1cccc(/C=N/NC(=O)C23CC4CC(C)(CC(C)(C4)C2)C3)c1. The summed E-state index contributed by atoms with van der Waals surface area (Å²) >= 11 is 0. The molecule has 128 valence electrons. The Balaban J connectivity index is 1.50. The maximum atomic E-state index is 13.0. The van der Waals surface area contributed by atoms with Gasteiger partial charge in [-0.15, -0.1) is 0 Å². The summed E-state index contributed by atoms with van der Waals surface area (Å²) < 4.78 is 0. The highest BCUT2D eigenvalue weighted by molar-refractivity contribution is 5.86. The van der Waals surface area contributed by atoms with Gasteiger partial charge in [0.2, 0.25) is 5.91 Å². The van der Waals surface area contributed by atoms with Crippen molar-refractivity contribution in [2.75, 3.05) is 0 Å². The van der Waals surface area contributed by atoms with Crippen LogP contribution in [-0.2, 0) is 4.79 Å². The number of carbonyl (C=O) groups excluding carboxylic acids is 1. The van der Waals surface area contributed by atoms with Crippen molar-refractivity contribution < 1.29 is 4.79 Å². The number of hydrogen-bond donors (Lipinski definition) is 1. The molecule has 1 aromatic rings. The van der Waals surface area contributed by atoms with E-state index >= 15 is 0 Å². The smallest absolute Gasteiger partial charge is 0.246 e. The van der Waals surface area contributed by atoms with Gasteiger partial charge in [0, 0.05) is 0 Å². The lowest BCUT2D eigenvalue weighted by Crippen LogP contribution is -2.59. The van der Waals surface area contributed by atoms with Crippen molar-refractivity contribution in [3.63, 3.8) is 0 Å². The van der Waals surface area contributed by atoms with Crippen LogP contribution in [0.1, 0.15) is 63.5 Å². The minimum Gasteiger partial charge on any atom is -0.273 e. The van der Waals surface area contributed by atoms with E-state index in [0.717, 1.165) is 30.7 Å². The average molecular weight is 324 g/mol. The minimum absolute atomic E-state index is 0.146. The molecule has 0 aliphatic heterocycles. The van der Waals surface area contributed by atoms with E-state index in [9.17, 15) is 4.79 Å². The van der Waals surface area contributed by atoms with Gasteiger partial charge >= 0.3 is 0 Å². The van der Waals surface area contributed by atoms with Gasteiger partial charge in [0.05, 0.1) is 11.6 Å². The van der Waals surface area contributed by atoms with Gasteiger partial charge < -0.3 is 0 Å². The van der Waals surface area contributed by atoms with Crippen LogP contribution in [0.25, 0.3) is 0 Å². The maximum Gasteiger partial charge on any atom is 0.246 e. The third kappa shape index (κ3) is 2.68. The molecule has 1 aromatic carbocycles. The Morgan fingerprint density at radius 3 is 2.50 bits per heavy atom. The van der Waals surface area contributed by atoms with Gasteiger partial charge in [-0.2, -0.15) is 5.10 Å². The van der Waals surface area contributed by atoms with E-state index in [1.807, 2.05) is 12.1 Å². The van der Waals surface area contributed by atoms with Crippen LogP contribution >= 0.6 is 0 Å². The second-order valence-corrected chi connectivity index (χ2v) is 9.52. The van der Waals surface area contributed by atoms with Crippen molar-refractivity contribution in [1.82, 2.24) is 5.43 Å². The van der Waals surface area contributed by atoms with Crippen LogP contribution in [0.5, 0.6) is 0 Å². The number of carbonyl (C=O) groups is 1. The molecule has 3 nitrogen and oxygen atoms in total. The molecule has 2 atom stereocenters. The van der Waals surface area contributed by atoms with Crippen LogP contribution in [0.2, 0.25) is 0 Å². The molecule has 0 heterocycles. The number of nitrogens with one attached hydrogen (secondary N) is 1. The zero-order valence-electron chi connectivity index (χ0n) is 15.1. The zero-order chi connectivity index (χ0) is 17.0. The number of rotatable bonds is 3. The molecule has 2 unspecified atom stereocenters. The van der Waals surface area contributed by atoms with Crippen molar-refractivity contribution in [2.45, 2.75) is 59.3 Å². The second kappa shape index (κ2) is 5.18. The molecular weight excluding hydrogens is 296 g/mol. The molecule has 5 rings (SSSR count). The molecule has 4 aliphatic rings. The van der Waals surface area contributed by atoms with Gasteiger partial charge in [0.1, 0.15) is 0 Å². The van der Waals surface area contributed by atoms with Crippen molar-refractivity contribution in [1.29, 1.82) is 0 Å². The maximum absolute atomic E-state index is 13.0. The van der Waals surface area contributed by atoms with Crippen molar-refractivity contribution >= 4 is 12.1 Å². The molecule has 4 bridgehead atoms. The van der Waals surface area contributed by atoms with Crippen LogP contribution < -0.4 is 5.43 Å². The number of aryl methyl sites for hydroxylation is 1. The van der Waals surface area contributed by atoms with E-state index in [4.69, 9.17) is 0 Å². The largest absolute Gasteiger partial charge is 0.273 e. The zero-order valence-corrected chi connectivity index (χ0v) is 15.1. The molecule has 1 N–H and O–H groups in total. The molecule has 0 saturated heterocycles. The standard InChI is InChI=1S/C21H28N2O/c1-15-5-4-6-16(7-15)11-22-23-18(24)21-10-17-8-19(2,13-21)12-20(3,9-17)14-21/h4-7,11,17H,8-10,12-14H2,1-3H3,(H,23,24)/b22-11+. The molecule has 1 amide bonds. The third-order valence-corrected chi connectivity index (χ3v) is 6.53. The molecule has 24 heavy (non-hydrogen) atoms. The van der Waals surface area contributed by atoms with Crippen LogP contribution in [-0.4, -0.2) is 12.1 Å². The lowest BCUT2D eigenvalue weighted by atomic mass is 9.40. The van der Waals surface area contributed by atoms with Crippen molar-refractivity contribution in [3.05, 3.63) is 35.4 Å². The lowest BCUT2D eigenvalue weighted by molar-refractivity contribution is -0.170. The highest BCUT2D eigenvalue weighted by atomic mass is 16.2. The van der Waals surface area contributed by atoms with E-state index in [0.29, 0.717) is 10.8 Å². The second-order valence-electron chi connectivity index (χ2n) is 9.52. The Kier molecular flexibility index (Phi) is 3.42. The molecule has 0 spiro atoms. The quantitative estimate of drug-likeness (QED) is 0.648. The summed E-state index contributed by atoms with van der Waals surface area (Å²) in [5.74, 6) is 0.871. The van der Waals surface area contributed by atoms with Crippen LogP contribution in [0, 0.1) is 29.1 Å². The topological polar surface area (TPSA) is 41.5 Å². The van der Waals surface area contributed by atoms with Gasteiger partial charge in [-0.05, 0) is 67.8 Å². The van der Waals surface area contributed by atoms with E-state index in [1.165, 1.54) is 24.8 Å². The highest BCUT2D eigenvalue weighted by Gasteiger charge is 2.62. The first kappa shape index (κ1) is 15.9. The minimum atomic E-state index is -0.188. The monoisotopic (exact) mass is 324 g/mol. The first-order valence-corrected chi connectivity index (χ1v) is 9.20. The summed E-state index contributed by atoms with van der Waals surface area (Å²) in [6.45, 7) is 6.86. The normalized spacial score (nSPS) is 40.2. The van der Waals surface area contributed by atoms with Crippen LogP contribution in [0.3, 0.4) is 0 Å². The predicted molar refractivity (Wildman–Crippen MR) is 96.8 cm³/mol. The Morgan fingerprint density at radius 2 is 1.88 bits per heavy atom. The Labute approximate surface area is 144 Å². The highest BCUT2D eigenvalue weighted by Crippen LogP contribution is 2.69. The van der Waals surface area contributed by atoms with Gasteiger partial charge in [0.25, 0.3) is 0 Å². The molecule has 4 saturated carbocycles. The number of nitrogens with zero attached hydrogens (tertiary/aromatic N) is 1. The summed E-state index contributed by atoms with van der Waals surface area (Å²) in [7, 11) is 0. The molecule has 4 aliphatic carbocycles. The molecule has 4 fully saturated rings. The van der Waals surface area contributed by atoms with Crippen LogP contribution in [0.4, 0.5) is 0 Å². The summed E-state index contributed by atoms with van der Waals surface area (Å²) in [5.41, 5.74) is 5.62. The summed E-state index contributed by atoms with van der Waals surface area (Å²) in [6.07, 6.45) is 8.81. The van der Waals surface area contributed by atoms with Crippen LogP contribution in [0.15, 0.2) is 29.4 Å². The average Bonchev–Trinajstić information content (AvgIpc) is 2.43. The van der Waals surface area contributed by atoms with E-state index in [-0.39, 0.29) is 11.3 Å². The number of benzene rings is 1. The van der Waals surface area contributed by atoms with Gasteiger partial charge in [-0.3, -0.25) is 4.79 Å². The van der Waals surface area contributed by atoms with Gasteiger partial charge in [-0.1, -0.05) is 43.7 Å². The summed E-state index contributed by atoms with van der Waals surface area (Å²) in [6, 6.07) is 8.16. The fourth-order valence-electron chi connectivity index (χ4n) is 6.74. The summed E-state index contributed by atoms with van der Waals surface area (Å²) in [5, 5.41) is 4.26. The Morgan fingerprint density at radius 1 is 1.17 bits per heavy atom. The molecule has 0 radical (unpaired) electrons. The number of hydrogen-bond acceptors (Lipinski definition) is 2. The predicted octanol–water partition coefficient (Wildman–Crippen LogP) is 4.44. The summed E-state index contributed by atoms with van der Waals surface area (Å²) in [4.78, 5) is 13.0.